The van der Waals surface area contributed by atoms with E-state index in [0.29, 0.717) is 5.56 Å². The summed E-state index contributed by atoms with van der Waals surface area (Å²) >= 11 is 0. The van der Waals surface area contributed by atoms with Gasteiger partial charge in [-0.2, -0.15) is 9.65 Å². The molecule has 1 aromatic rings. The summed E-state index contributed by atoms with van der Waals surface area (Å²) in [5, 5.41) is 8.19. The lowest BCUT2D eigenvalue weighted by Gasteiger charge is -1.93. The lowest BCUT2D eigenvalue weighted by Crippen LogP contribution is -1.89. The van der Waals surface area contributed by atoms with Crippen LogP contribution in [0.15, 0.2) is 18.3 Å². The predicted molar refractivity (Wildman–Crippen MR) is 43.4 cm³/mol. The van der Waals surface area contributed by atoms with E-state index in [2.05, 4.69) is 4.98 Å². The van der Waals surface area contributed by atoms with E-state index in [-0.39, 0.29) is 6.42 Å². The minimum absolute atomic E-state index is 0.235. The molecule has 0 radical (unpaired) electrons. The first-order valence-electron chi connectivity index (χ1n) is 3.58. The van der Waals surface area contributed by atoms with Crippen molar-refractivity contribution in [3.63, 3.8) is 0 Å². The Morgan fingerprint density at radius 1 is 1.54 bits per heavy atom. The maximum absolute atomic E-state index is 12.6. The van der Waals surface area contributed by atoms with E-state index in [1.54, 1.807) is 6.08 Å². The van der Waals surface area contributed by atoms with Crippen LogP contribution in [0.2, 0.25) is 0 Å². The average Bonchev–Trinajstić information content (AvgIpc) is 2.12. The first-order chi connectivity index (χ1) is 6.24. The van der Waals surface area contributed by atoms with Crippen molar-refractivity contribution in [3.05, 3.63) is 35.7 Å². The average molecular weight is 180 g/mol. The van der Waals surface area contributed by atoms with Gasteiger partial charge in [-0.05, 0) is 11.6 Å². The molecule has 1 rings (SSSR count). The van der Waals surface area contributed by atoms with Gasteiger partial charge in [-0.15, -0.1) is 0 Å². The molecule has 4 heteroatoms. The molecule has 0 amide bonds. The van der Waals surface area contributed by atoms with Crippen molar-refractivity contribution in [1.82, 2.24) is 4.98 Å². The van der Waals surface area contributed by atoms with Gasteiger partial charge in [-0.3, -0.25) is 0 Å². The van der Waals surface area contributed by atoms with Gasteiger partial charge >= 0.3 is 0 Å². The minimum Gasteiger partial charge on any atom is -0.225 e. The third-order valence-corrected chi connectivity index (χ3v) is 1.34. The molecule has 13 heavy (non-hydrogen) atoms. The molecule has 0 unspecified atom stereocenters. The second-order valence-corrected chi connectivity index (χ2v) is 2.31. The Hall–Kier alpha value is -1.76. The molecule has 0 N–H and O–H groups in total. The Morgan fingerprint density at radius 3 is 2.92 bits per heavy atom. The van der Waals surface area contributed by atoms with Gasteiger partial charge in [0.1, 0.15) is 0 Å². The van der Waals surface area contributed by atoms with Gasteiger partial charge in [0.25, 0.3) is 0 Å². The molecule has 0 spiro atoms. The van der Waals surface area contributed by atoms with Gasteiger partial charge in [0.15, 0.2) is 5.82 Å². The molecule has 1 heterocycles. The second-order valence-electron chi connectivity index (χ2n) is 2.31. The Labute approximate surface area is 74.1 Å². The number of nitriles is 1. The number of hydrogen-bond donors (Lipinski definition) is 0. The fraction of sp³-hybridized carbons (Fsp3) is 0.111. The number of nitrogens with zero attached hydrogens (tertiary/aromatic N) is 2. The van der Waals surface area contributed by atoms with Crippen LogP contribution in [0.25, 0.3) is 6.08 Å². The van der Waals surface area contributed by atoms with E-state index in [4.69, 9.17) is 5.26 Å². The smallest absolute Gasteiger partial charge is 0.225 e. The number of rotatable bonds is 2. The van der Waals surface area contributed by atoms with Crippen LogP contribution in [0.4, 0.5) is 8.78 Å². The molecule has 1 aromatic heterocycles. The maximum Gasteiger partial charge on any atom is 0.248 e. The van der Waals surface area contributed by atoms with Gasteiger partial charge in [0.2, 0.25) is 5.95 Å². The normalized spacial score (nSPS) is 10.2. The highest BCUT2D eigenvalue weighted by atomic mass is 19.2. The van der Waals surface area contributed by atoms with E-state index < -0.39 is 11.8 Å². The van der Waals surface area contributed by atoms with Crippen LogP contribution in [0.5, 0.6) is 0 Å². The van der Waals surface area contributed by atoms with E-state index in [9.17, 15) is 8.78 Å². The van der Waals surface area contributed by atoms with Crippen LogP contribution >= 0.6 is 0 Å². The second kappa shape index (κ2) is 4.31. The summed E-state index contributed by atoms with van der Waals surface area (Å²) in [6, 6.07) is 2.91. The molecule has 0 aliphatic rings. The molecule has 0 fully saturated rings. The molecule has 0 atom stereocenters. The number of aromatic nitrogens is 1. The highest BCUT2D eigenvalue weighted by Crippen LogP contribution is 2.07. The van der Waals surface area contributed by atoms with Gasteiger partial charge in [-0.25, -0.2) is 9.37 Å². The lowest BCUT2D eigenvalue weighted by atomic mass is 10.2. The molecule has 2 nitrogen and oxygen atoms in total. The fourth-order valence-electron chi connectivity index (χ4n) is 0.775. The summed E-state index contributed by atoms with van der Waals surface area (Å²) in [4.78, 5) is 3.18. The number of halogens is 2. The predicted octanol–water partition coefficient (Wildman–Crippen LogP) is 2.29. The third-order valence-electron chi connectivity index (χ3n) is 1.34. The summed E-state index contributed by atoms with van der Waals surface area (Å²) in [5.74, 6) is -2.10. The van der Waals surface area contributed by atoms with Crippen LogP contribution in [-0.2, 0) is 0 Å². The molecular formula is C9H6F2N2. The molecule has 66 valence electrons. The molecular weight excluding hydrogens is 174 g/mol. The van der Waals surface area contributed by atoms with Gasteiger partial charge in [0.05, 0.1) is 12.5 Å². The SMILES string of the molecule is N#CCC=Cc1cnc(F)c(F)c1. The van der Waals surface area contributed by atoms with Crippen LogP contribution in [-0.4, -0.2) is 4.98 Å². The van der Waals surface area contributed by atoms with Gasteiger partial charge in [0, 0.05) is 6.20 Å². The zero-order chi connectivity index (χ0) is 9.68. The van der Waals surface area contributed by atoms with Crippen molar-refractivity contribution in [2.75, 3.05) is 0 Å². The lowest BCUT2D eigenvalue weighted by molar-refractivity contribution is 0.479. The van der Waals surface area contributed by atoms with E-state index >= 15 is 0 Å². The minimum atomic E-state index is -1.11. The summed E-state index contributed by atoms with van der Waals surface area (Å²) < 4.78 is 24.9. The highest BCUT2D eigenvalue weighted by Gasteiger charge is 2.00. The number of pyridine rings is 1. The molecule has 0 aromatic carbocycles. The third kappa shape index (κ3) is 2.64. The Balaban J connectivity index is 2.81. The highest BCUT2D eigenvalue weighted by molar-refractivity contribution is 5.47. The number of allylic oxidation sites excluding steroid dienone is 1. The molecule has 0 aliphatic carbocycles. The summed E-state index contributed by atoms with van der Waals surface area (Å²) in [6.07, 6.45) is 4.50. The van der Waals surface area contributed by atoms with Gasteiger partial charge < -0.3 is 0 Å². The monoisotopic (exact) mass is 180 g/mol. The van der Waals surface area contributed by atoms with Crippen molar-refractivity contribution in [2.24, 2.45) is 0 Å². The van der Waals surface area contributed by atoms with E-state index in [1.807, 2.05) is 6.07 Å². The molecule has 0 saturated heterocycles. The van der Waals surface area contributed by atoms with Crippen LogP contribution in [0.1, 0.15) is 12.0 Å². The summed E-state index contributed by atoms with van der Waals surface area (Å²) in [7, 11) is 0. The molecule has 0 aliphatic heterocycles. The van der Waals surface area contributed by atoms with Crippen molar-refractivity contribution < 1.29 is 8.78 Å². The van der Waals surface area contributed by atoms with Crippen molar-refractivity contribution in [1.29, 1.82) is 5.26 Å². The summed E-state index contributed by atoms with van der Waals surface area (Å²) in [5.41, 5.74) is 0.439. The Bertz CT molecular complexity index is 366. The van der Waals surface area contributed by atoms with E-state index in [1.165, 1.54) is 12.3 Å². The summed E-state index contributed by atoms with van der Waals surface area (Å²) in [6.45, 7) is 0. The quantitative estimate of drug-likeness (QED) is 0.654. The largest absolute Gasteiger partial charge is 0.248 e. The van der Waals surface area contributed by atoms with Crippen molar-refractivity contribution >= 4 is 6.08 Å². The first-order valence-corrected chi connectivity index (χ1v) is 3.58. The Morgan fingerprint density at radius 2 is 2.31 bits per heavy atom. The van der Waals surface area contributed by atoms with E-state index in [0.717, 1.165) is 6.07 Å². The zero-order valence-corrected chi connectivity index (χ0v) is 6.67. The maximum atomic E-state index is 12.6. The number of hydrogen-bond acceptors (Lipinski definition) is 2. The van der Waals surface area contributed by atoms with Crippen LogP contribution < -0.4 is 0 Å². The standard InChI is InChI=1S/C9H6F2N2/c10-8-5-7(3-1-2-4-12)6-13-9(8)11/h1,3,5-6H,2H2. The van der Waals surface area contributed by atoms with Crippen LogP contribution in [0, 0.1) is 23.1 Å². The Kier molecular flexibility index (Phi) is 3.09. The fourth-order valence-corrected chi connectivity index (χ4v) is 0.775. The van der Waals surface area contributed by atoms with Crippen molar-refractivity contribution in [3.8, 4) is 6.07 Å². The molecule has 0 saturated carbocycles. The first kappa shape index (κ1) is 9.33. The van der Waals surface area contributed by atoms with Gasteiger partial charge in [-0.1, -0.05) is 12.2 Å². The van der Waals surface area contributed by atoms with Crippen molar-refractivity contribution in [2.45, 2.75) is 6.42 Å². The van der Waals surface area contributed by atoms with Crippen LogP contribution in [0.3, 0.4) is 0 Å². The topological polar surface area (TPSA) is 36.7 Å². The molecule has 0 bridgehead atoms. The zero-order valence-electron chi connectivity index (χ0n) is 6.67.